The molecule has 0 saturated heterocycles. The van der Waals surface area contributed by atoms with Gasteiger partial charge in [-0.2, -0.15) is 0 Å². The number of hydrogen-bond acceptors (Lipinski definition) is 1. The van der Waals surface area contributed by atoms with Gasteiger partial charge in [0.05, 0.1) is 0 Å². The van der Waals surface area contributed by atoms with Crippen molar-refractivity contribution in [2.45, 2.75) is 0 Å². The van der Waals surface area contributed by atoms with Gasteiger partial charge in [0.1, 0.15) is 11.2 Å². The fourth-order valence-corrected chi connectivity index (χ4v) is 6.96. The summed E-state index contributed by atoms with van der Waals surface area (Å²) < 4.78 is 6.46. The highest BCUT2D eigenvalue weighted by Crippen LogP contribution is 2.47. The Bertz CT molecular complexity index is 2440. The number of rotatable bonds is 3. The third-order valence-corrected chi connectivity index (χ3v) is 8.86. The van der Waals surface area contributed by atoms with E-state index in [2.05, 4.69) is 158 Å². The van der Waals surface area contributed by atoms with Crippen LogP contribution in [0.15, 0.2) is 162 Å². The quantitative estimate of drug-likeness (QED) is 0.201. The maximum absolute atomic E-state index is 6.46. The number of hydrogen-bond donors (Lipinski definition) is 0. The molecular weight excluding hydrogens is 520 g/mol. The molecule has 200 valence electrons. The van der Waals surface area contributed by atoms with Gasteiger partial charge in [0.2, 0.25) is 0 Å². The Morgan fingerprint density at radius 1 is 0.326 bits per heavy atom. The van der Waals surface area contributed by atoms with Gasteiger partial charge in [0.15, 0.2) is 0 Å². The van der Waals surface area contributed by atoms with Crippen LogP contribution in [0.4, 0.5) is 0 Å². The van der Waals surface area contributed by atoms with Crippen LogP contribution in [0.3, 0.4) is 0 Å². The molecule has 0 aliphatic rings. The molecule has 0 aliphatic heterocycles. The zero-order valence-electron chi connectivity index (χ0n) is 23.4. The minimum atomic E-state index is 0.914. The van der Waals surface area contributed by atoms with Gasteiger partial charge < -0.3 is 4.42 Å². The molecule has 43 heavy (non-hydrogen) atoms. The van der Waals surface area contributed by atoms with Crippen LogP contribution in [0.1, 0.15) is 0 Å². The van der Waals surface area contributed by atoms with Crippen LogP contribution >= 0.6 is 0 Å². The SMILES string of the molecule is c1ccc(-c2ccccc2-c2c3ccccc3c(-c3ccc4oc5c6ccccc6ccc5c4c3)c3ccccc23)cc1. The second-order valence-electron chi connectivity index (χ2n) is 11.2. The molecule has 0 spiro atoms. The van der Waals surface area contributed by atoms with Gasteiger partial charge in [-0.05, 0) is 78.5 Å². The van der Waals surface area contributed by atoms with Gasteiger partial charge >= 0.3 is 0 Å². The van der Waals surface area contributed by atoms with E-state index < -0.39 is 0 Å². The molecule has 1 nitrogen and oxygen atoms in total. The van der Waals surface area contributed by atoms with E-state index in [1.165, 1.54) is 60.3 Å². The van der Waals surface area contributed by atoms with Crippen LogP contribution < -0.4 is 0 Å². The van der Waals surface area contributed by atoms with Gasteiger partial charge in [0, 0.05) is 16.2 Å². The van der Waals surface area contributed by atoms with Crippen LogP contribution in [0, 0.1) is 0 Å². The van der Waals surface area contributed by atoms with Crippen LogP contribution in [0.25, 0.3) is 87.6 Å². The zero-order chi connectivity index (χ0) is 28.3. The fourth-order valence-electron chi connectivity index (χ4n) is 6.96. The lowest BCUT2D eigenvalue weighted by atomic mass is 9.83. The van der Waals surface area contributed by atoms with E-state index in [0.717, 1.165) is 27.3 Å². The van der Waals surface area contributed by atoms with Gasteiger partial charge in [-0.25, -0.2) is 0 Å². The summed E-state index contributed by atoms with van der Waals surface area (Å²) >= 11 is 0. The average molecular weight is 547 g/mol. The highest BCUT2D eigenvalue weighted by molar-refractivity contribution is 6.23. The smallest absolute Gasteiger partial charge is 0.143 e. The second kappa shape index (κ2) is 9.44. The predicted molar refractivity (Wildman–Crippen MR) is 183 cm³/mol. The normalized spacial score (nSPS) is 11.7. The lowest BCUT2D eigenvalue weighted by Gasteiger charge is -2.19. The average Bonchev–Trinajstić information content (AvgIpc) is 3.46. The fraction of sp³-hybridized carbons (Fsp3) is 0. The van der Waals surface area contributed by atoms with E-state index >= 15 is 0 Å². The first-order valence-electron chi connectivity index (χ1n) is 14.8. The molecule has 0 aliphatic carbocycles. The molecule has 9 rings (SSSR count). The van der Waals surface area contributed by atoms with E-state index in [9.17, 15) is 0 Å². The lowest BCUT2D eigenvalue weighted by Crippen LogP contribution is -1.92. The Kier molecular flexibility index (Phi) is 5.27. The first-order valence-corrected chi connectivity index (χ1v) is 14.8. The van der Waals surface area contributed by atoms with E-state index in [-0.39, 0.29) is 0 Å². The molecule has 0 atom stereocenters. The summed E-state index contributed by atoms with van der Waals surface area (Å²) in [6, 6.07) is 56.8. The third kappa shape index (κ3) is 3.65. The standard InChI is InChI=1S/C42H26O/c1-2-12-27(13-3-1)30-15-6-7-17-32(30)41-35-20-10-8-18-33(35)40(34-19-9-11-21-36(34)41)29-23-25-39-38(26-29)37-24-22-28-14-4-5-16-31(28)42(37)43-39/h1-26H. The summed E-state index contributed by atoms with van der Waals surface area (Å²) in [6.07, 6.45) is 0. The summed E-state index contributed by atoms with van der Waals surface area (Å²) in [5.41, 5.74) is 9.30. The van der Waals surface area contributed by atoms with Crippen molar-refractivity contribution in [2.75, 3.05) is 0 Å². The van der Waals surface area contributed by atoms with Crippen molar-refractivity contribution in [1.82, 2.24) is 0 Å². The van der Waals surface area contributed by atoms with E-state index in [4.69, 9.17) is 4.42 Å². The highest BCUT2D eigenvalue weighted by Gasteiger charge is 2.19. The largest absolute Gasteiger partial charge is 0.455 e. The minimum absolute atomic E-state index is 0.914. The Labute approximate surface area is 249 Å². The molecule has 0 saturated carbocycles. The Morgan fingerprint density at radius 2 is 0.907 bits per heavy atom. The third-order valence-electron chi connectivity index (χ3n) is 8.86. The van der Waals surface area contributed by atoms with E-state index in [1.807, 2.05) is 0 Å². The maximum Gasteiger partial charge on any atom is 0.143 e. The van der Waals surface area contributed by atoms with Crippen LogP contribution in [0.5, 0.6) is 0 Å². The van der Waals surface area contributed by atoms with Gasteiger partial charge in [-0.3, -0.25) is 0 Å². The van der Waals surface area contributed by atoms with Crippen molar-refractivity contribution >= 4 is 54.3 Å². The highest BCUT2D eigenvalue weighted by atomic mass is 16.3. The summed E-state index contributed by atoms with van der Waals surface area (Å²) in [4.78, 5) is 0. The lowest BCUT2D eigenvalue weighted by molar-refractivity contribution is 0.672. The molecule has 8 aromatic carbocycles. The monoisotopic (exact) mass is 546 g/mol. The van der Waals surface area contributed by atoms with E-state index in [0.29, 0.717) is 0 Å². The molecule has 0 bridgehead atoms. The minimum Gasteiger partial charge on any atom is -0.455 e. The van der Waals surface area contributed by atoms with Crippen molar-refractivity contribution in [2.24, 2.45) is 0 Å². The topological polar surface area (TPSA) is 13.1 Å². The van der Waals surface area contributed by atoms with Crippen molar-refractivity contribution in [3.63, 3.8) is 0 Å². The first-order chi connectivity index (χ1) is 21.3. The molecule has 0 N–H and O–H groups in total. The molecule has 0 radical (unpaired) electrons. The Morgan fingerprint density at radius 3 is 1.63 bits per heavy atom. The Balaban J connectivity index is 1.36. The van der Waals surface area contributed by atoms with Crippen molar-refractivity contribution in [1.29, 1.82) is 0 Å². The maximum atomic E-state index is 6.46. The summed E-state index contributed by atoms with van der Waals surface area (Å²) in [6.45, 7) is 0. The summed E-state index contributed by atoms with van der Waals surface area (Å²) in [5.74, 6) is 0. The molecule has 1 heteroatoms. The van der Waals surface area contributed by atoms with E-state index in [1.54, 1.807) is 0 Å². The van der Waals surface area contributed by atoms with Gasteiger partial charge in [0.25, 0.3) is 0 Å². The molecule has 0 fully saturated rings. The first kappa shape index (κ1) is 24.0. The van der Waals surface area contributed by atoms with Crippen molar-refractivity contribution in [3.8, 4) is 33.4 Å². The Hall–Kier alpha value is -5.66. The van der Waals surface area contributed by atoms with Gasteiger partial charge in [-0.1, -0.05) is 140 Å². The summed E-state index contributed by atoms with van der Waals surface area (Å²) in [5, 5.41) is 9.63. The van der Waals surface area contributed by atoms with Crippen LogP contribution in [-0.4, -0.2) is 0 Å². The van der Waals surface area contributed by atoms with Crippen LogP contribution in [-0.2, 0) is 0 Å². The summed E-state index contributed by atoms with van der Waals surface area (Å²) in [7, 11) is 0. The number of furan rings is 1. The molecule has 0 amide bonds. The zero-order valence-corrected chi connectivity index (χ0v) is 23.4. The second-order valence-corrected chi connectivity index (χ2v) is 11.2. The molecule has 0 unspecified atom stereocenters. The van der Waals surface area contributed by atoms with Gasteiger partial charge in [-0.15, -0.1) is 0 Å². The molecule has 1 aromatic heterocycles. The van der Waals surface area contributed by atoms with Crippen LogP contribution in [0.2, 0.25) is 0 Å². The van der Waals surface area contributed by atoms with Crippen molar-refractivity contribution in [3.05, 3.63) is 158 Å². The number of benzene rings is 8. The predicted octanol–water partition coefficient (Wildman–Crippen LogP) is 12.0. The molecule has 9 aromatic rings. The number of fused-ring (bicyclic) bond motifs is 7. The molecule has 1 heterocycles. The molecular formula is C42H26O. The van der Waals surface area contributed by atoms with Crippen molar-refractivity contribution < 1.29 is 4.42 Å².